The molecule has 1 aliphatic rings. The number of rotatable bonds is 6. The van der Waals surface area contributed by atoms with Gasteiger partial charge in [0.1, 0.15) is 6.04 Å². The molecule has 1 unspecified atom stereocenters. The molecule has 1 aliphatic heterocycles. The van der Waals surface area contributed by atoms with Gasteiger partial charge in [0.2, 0.25) is 5.91 Å². The topological polar surface area (TPSA) is 76.8 Å². The number of para-hydroxylation sites is 1. The predicted molar refractivity (Wildman–Crippen MR) is 95.7 cm³/mol. The molecule has 1 aromatic carbocycles. The highest BCUT2D eigenvalue weighted by Gasteiger charge is 2.16. The van der Waals surface area contributed by atoms with Crippen LogP contribution < -0.4 is 16.0 Å². The van der Waals surface area contributed by atoms with Crippen LogP contribution in [0.1, 0.15) is 5.56 Å². The highest BCUT2D eigenvalue weighted by molar-refractivity contribution is 5.85. The number of hydrogen-bond acceptors (Lipinski definition) is 5. The molecule has 1 fully saturated rings. The third-order valence-corrected chi connectivity index (χ3v) is 3.48. The summed E-state index contributed by atoms with van der Waals surface area (Å²) in [5.74, 6) is -0.200. The van der Waals surface area contributed by atoms with Crippen molar-refractivity contribution in [3.05, 3.63) is 29.8 Å². The molecule has 132 valence electrons. The number of anilines is 1. The normalized spacial score (nSPS) is 15.1. The standard InChI is InChI=1S/C15H23N3O3.2ClH/c1-20-11-13(16)15(19)17-10-12-4-2-3-5-14(12)18-6-8-21-9-7-18;;/h2-5,13H,6-11,16H2,1H3,(H,17,19);2*1H. The van der Waals surface area contributed by atoms with E-state index in [0.29, 0.717) is 6.54 Å². The highest BCUT2D eigenvalue weighted by atomic mass is 35.5. The van der Waals surface area contributed by atoms with E-state index in [9.17, 15) is 4.79 Å². The average molecular weight is 366 g/mol. The number of morpholine rings is 1. The van der Waals surface area contributed by atoms with Crippen LogP contribution in [0.2, 0.25) is 0 Å². The van der Waals surface area contributed by atoms with Crippen molar-refractivity contribution >= 4 is 36.4 Å². The number of methoxy groups -OCH3 is 1. The first kappa shape index (κ1) is 21.9. The smallest absolute Gasteiger partial charge is 0.239 e. The first-order valence-electron chi connectivity index (χ1n) is 7.15. The Hall–Kier alpha value is -1.05. The summed E-state index contributed by atoms with van der Waals surface area (Å²) in [4.78, 5) is 14.1. The Morgan fingerprint density at radius 3 is 2.65 bits per heavy atom. The van der Waals surface area contributed by atoms with E-state index >= 15 is 0 Å². The summed E-state index contributed by atoms with van der Waals surface area (Å²) >= 11 is 0. The van der Waals surface area contributed by atoms with Gasteiger partial charge in [0.15, 0.2) is 0 Å². The molecule has 0 aromatic heterocycles. The minimum atomic E-state index is -0.634. The van der Waals surface area contributed by atoms with Gasteiger partial charge in [-0.05, 0) is 11.6 Å². The van der Waals surface area contributed by atoms with Crippen molar-refractivity contribution in [2.45, 2.75) is 12.6 Å². The van der Waals surface area contributed by atoms with E-state index in [1.807, 2.05) is 18.2 Å². The van der Waals surface area contributed by atoms with Gasteiger partial charge in [0.25, 0.3) is 0 Å². The van der Waals surface area contributed by atoms with Crippen molar-refractivity contribution < 1.29 is 14.3 Å². The van der Waals surface area contributed by atoms with Crippen LogP contribution in [0, 0.1) is 0 Å². The molecule has 0 radical (unpaired) electrons. The number of halogens is 2. The Morgan fingerprint density at radius 2 is 2.00 bits per heavy atom. The van der Waals surface area contributed by atoms with E-state index in [1.54, 1.807) is 0 Å². The lowest BCUT2D eigenvalue weighted by Crippen LogP contribution is -2.43. The van der Waals surface area contributed by atoms with Gasteiger partial charge in [-0.3, -0.25) is 4.79 Å². The molecule has 1 aromatic rings. The van der Waals surface area contributed by atoms with Crippen LogP contribution in [0.25, 0.3) is 0 Å². The molecule has 8 heteroatoms. The molecule has 0 spiro atoms. The fourth-order valence-electron chi connectivity index (χ4n) is 2.34. The molecule has 3 N–H and O–H groups in total. The Kier molecular flexibility index (Phi) is 11.0. The average Bonchev–Trinajstić information content (AvgIpc) is 2.54. The van der Waals surface area contributed by atoms with E-state index in [0.717, 1.165) is 37.6 Å². The summed E-state index contributed by atoms with van der Waals surface area (Å²) in [6.45, 7) is 3.89. The van der Waals surface area contributed by atoms with Gasteiger partial charge in [-0.25, -0.2) is 0 Å². The van der Waals surface area contributed by atoms with E-state index < -0.39 is 6.04 Å². The summed E-state index contributed by atoms with van der Waals surface area (Å²) in [7, 11) is 1.53. The molecule has 0 saturated carbocycles. The second-order valence-corrected chi connectivity index (χ2v) is 5.01. The van der Waals surface area contributed by atoms with Crippen LogP contribution in [-0.2, 0) is 20.8 Å². The summed E-state index contributed by atoms with van der Waals surface area (Å²) in [6, 6.07) is 7.44. The van der Waals surface area contributed by atoms with Crippen molar-refractivity contribution in [2.24, 2.45) is 5.73 Å². The molecule has 1 heterocycles. The Labute approximate surface area is 149 Å². The van der Waals surface area contributed by atoms with Gasteiger partial charge in [0, 0.05) is 32.4 Å². The van der Waals surface area contributed by atoms with Crippen molar-refractivity contribution in [3.8, 4) is 0 Å². The van der Waals surface area contributed by atoms with Crippen molar-refractivity contribution in [1.82, 2.24) is 5.32 Å². The lowest BCUT2D eigenvalue weighted by molar-refractivity contribution is -0.123. The van der Waals surface area contributed by atoms with Crippen molar-refractivity contribution in [3.63, 3.8) is 0 Å². The van der Waals surface area contributed by atoms with Gasteiger partial charge in [-0.15, -0.1) is 24.8 Å². The SMILES string of the molecule is COCC(N)C(=O)NCc1ccccc1N1CCOCC1.Cl.Cl. The number of benzene rings is 1. The largest absolute Gasteiger partial charge is 0.383 e. The summed E-state index contributed by atoms with van der Waals surface area (Å²) in [5, 5.41) is 2.86. The monoisotopic (exact) mass is 365 g/mol. The Bertz CT molecular complexity index is 471. The predicted octanol–water partition coefficient (Wildman–Crippen LogP) is 0.957. The number of ether oxygens (including phenoxy) is 2. The van der Waals surface area contributed by atoms with E-state index in [4.69, 9.17) is 15.2 Å². The fraction of sp³-hybridized carbons (Fsp3) is 0.533. The first-order valence-corrected chi connectivity index (χ1v) is 7.15. The van der Waals surface area contributed by atoms with E-state index in [2.05, 4.69) is 16.3 Å². The Morgan fingerprint density at radius 1 is 1.35 bits per heavy atom. The van der Waals surface area contributed by atoms with Gasteiger partial charge < -0.3 is 25.4 Å². The maximum absolute atomic E-state index is 11.8. The van der Waals surface area contributed by atoms with Crippen molar-refractivity contribution in [2.75, 3.05) is 44.9 Å². The molecule has 2 rings (SSSR count). The molecule has 1 atom stereocenters. The van der Waals surface area contributed by atoms with Gasteiger partial charge in [0.05, 0.1) is 19.8 Å². The molecule has 23 heavy (non-hydrogen) atoms. The van der Waals surface area contributed by atoms with Crippen LogP contribution in [0.3, 0.4) is 0 Å². The molecule has 6 nitrogen and oxygen atoms in total. The minimum Gasteiger partial charge on any atom is -0.383 e. The first-order chi connectivity index (χ1) is 10.2. The number of carbonyl (C=O) groups excluding carboxylic acids is 1. The maximum Gasteiger partial charge on any atom is 0.239 e. The highest BCUT2D eigenvalue weighted by Crippen LogP contribution is 2.21. The third-order valence-electron chi connectivity index (χ3n) is 3.48. The number of nitrogens with zero attached hydrogens (tertiary/aromatic N) is 1. The zero-order valence-corrected chi connectivity index (χ0v) is 14.8. The summed E-state index contributed by atoms with van der Waals surface area (Å²) in [5.41, 5.74) is 7.93. The lowest BCUT2D eigenvalue weighted by Gasteiger charge is -2.30. The quantitative estimate of drug-likeness (QED) is 0.784. The summed E-state index contributed by atoms with van der Waals surface area (Å²) < 4.78 is 10.3. The maximum atomic E-state index is 11.8. The van der Waals surface area contributed by atoms with Gasteiger partial charge >= 0.3 is 0 Å². The molecule has 1 saturated heterocycles. The second-order valence-electron chi connectivity index (χ2n) is 5.01. The zero-order valence-electron chi connectivity index (χ0n) is 13.2. The van der Waals surface area contributed by atoms with Gasteiger partial charge in [-0.1, -0.05) is 18.2 Å². The van der Waals surface area contributed by atoms with Gasteiger partial charge in [-0.2, -0.15) is 0 Å². The zero-order chi connectivity index (χ0) is 15.1. The van der Waals surface area contributed by atoms with E-state index in [-0.39, 0.29) is 37.3 Å². The van der Waals surface area contributed by atoms with E-state index in [1.165, 1.54) is 7.11 Å². The molecule has 0 bridgehead atoms. The van der Waals surface area contributed by atoms with Crippen LogP contribution in [0.5, 0.6) is 0 Å². The fourth-order valence-corrected chi connectivity index (χ4v) is 2.34. The van der Waals surface area contributed by atoms with Crippen molar-refractivity contribution in [1.29, 1.82) is 0 Å². The number of amides is 1. The molecular formula is C15H25Cl2N3O3. The van der Waals surface area contributed by atoms with Crippen LogP contribution in [-0.4, -0.2) is 52.0 Å². The third kappa shape index (κ3) is 6.53. The second kappa shape index (κ2) is 11.5. The molecule has 0 aliphatic carbocycles. The minimum absolute atomic E-state index is 0. The number of nitrogens with two attached hydrogens (primary N) is 1. The summed E-state index contributed by atoms with van der Waals surface area (Å²) in [6.07, 6.45) is 0. The lowest BCUT2D eigenvalue weighted by atomic mass is 10.1. The molecular weight excluding hydrogens is 341 g/mol. The number of nitrogens with one attached hydrogen (secondary N) is 1. The molecule has 1 amide bonds. The van der Waals surface area contributed by atoms with Crippen LogP contribution >= 0.6 is 24.8 Å². The van der Waals surface area contributed by atoms with Crippen LogP contribution in [0.4, 0.5) is 5.69 Å². The number of carbonyl (C=O) groups is 1. The van der Waals surface area contributed by atoms with Crippen LogP contribution in [0.15, 0.2) is 24.3 Å². The number of hydrogen-bond donors (Lipinski definition) is 2. The Balaban J connectivity index is 0.00000242.